The van der Waals surface area contributed by atoms with Gasteiger partial charge in [0.1, 0.15) is 6.61 Å². The number of carbonyl (C=O) groups is 1. The Morgan fingerprint density at radius 2 is 2.22 bits per heavy atom. The van der Waals surface area contributed by atoms with Crippen molar-refractivity contribution in [3.05, 3.63) is 0 Å². The van der Waals surface area contributed by atoms with E-state index in [1.165, 1.54) is 0 Å². The average molecular weight is 128 g/mol. The second-order valence-electron chi connectivity index (χ2n) is 3.10. The highest BCUT2D eigenvalue weighted by molar-refractivity contribution is 5.87. The molecule has 0 saturated carbocycles. The van der Waals surface area contributed by atoms with Crippen molar-refractivity contribution in [3.8, 4) is 0 Å². The molecule has 2 nitrogen and oxygen atoms in total. The summed E-state index contributed by atoms with van der Waals surface area (Å²) in [5.41, 5.74) is -0.250. The maximum Gasteiger partial charge on any atom is 0.166 e. The molecule has 1 unspecified atom stereocenters. The Bertz CT molecular complexity index is 138. The van der Waals surface area contributed by atoms with Gasteiger partial charge in [0, 0.05) is 0 Å². The van der Waals surface area contributed by atoms with Crippen molar-refractivity contribution in [1.82, 2.24) is 0 Å². The first-order chi connectivity index (χ1) is 4.05. The van der Waals surface area contributed by atoms with Gasteiger partial charge in [-0.25, -0.2) is 0 Å². The Morgan fingerprint density at radius 1 is 1.67 bits per heavy atom. The van der Waals surface area contributed by atoms with E-state index in [1.54, 1.807) is 0 Å². The van der Waals surface area contributed by atoms with Crippen molar-refractivity contribution >= 4 is 5.78 Å². The molecule has 1 saturated heterocycles. The third kappa shape index (κ3) is 0.874. The highest BCUT2D eigenvalue weighted by Gasteiger charge is 2.40. The molecular weight excluding hydrogens is 116 g/mol. The molecule has 0 aromatic rings. The SMILES string of the molecule is CC1OCC(=O)C1(C)C. The largest absolute Gasteiger partial charge is 0.370 e. The number of ether oxygens (including phenoxy) is 1. The smallest absolute Gasteiger partial charge is 0.166 e. The molecule has 1 fully saturated rings. The van der Waals surface area contributed by atoms with Gasteiger partial charge in [-0.3, -0.25) is 4.79 Å². The van der Waals surface area contributed by atoms with Crippen LogP contribution in [0.2, 0.25) is 0 Å². The lowest BCUT2D eigenvalue weighted by atomic mass is 9.86. The van der Waals surface area contributed by atoms with Crippen molar-refractivity contribution in [3.63, 3.8) is 0 Å². The lowest BCUT2D eigenvalue weighted by Crippen LogP contribution is -2.27. The molecule has 0 spiro atoms. The van der Waals surface area contributed by atoms with Gasteiger partial charge < -0.3 is 4.74 Å². The third-order valence-electron chi connectivity index (χ3n) is 2.20. The van der Waals surface area contributed by atoms with E-state index in [-0.39, 0.29) is 17.3 Å². The second kappa shape index (κ2) is 1.81. The molecule has 1 aliphatic heterocycles. The first-order valence-electron chi connectivity index (χ1n) is 3.20. The number of rotatable bonds is 0. The van der Waals surface area contributed by atoms with Crippen molar-refractivity contribution in [2.75, 3.05) is 6.61 Å². The summed E-state index contributed by atoms with van der Waals surface area (Å²) in [6.45, 7) is 6.08. The molecule has 0 aromatic heterocycles. The number of hydrogen-bond acceptors (Lipinski definition) is 2. The van der Waals surface area contributed by atoms with Crippen molar-refractivity contribution in [2.24, 2.45) is 5.41 Å². The fraction of sp³-hybridized carbons (Fsp3) is 0.857. The van der Waals surface area contributed by atoms with Crippen LogP contribution in [0.4, 0.5) is 0 Å². The molecule has 0 N–H and O–H groups in total. The second-order valence-corrected chi connectivity index (χ2v) is 3.10. The van der Waals surface area contributed by atoms with E-state index in [2.05, 4.69) is 0 Å². The lowest BCUT2D eigenvalue weighted by Gasteiger charge is -2.18. The highest BCUT2D eigenvalue weighted by Crippen LogP contribution is 2.29. The summed E-state index contributed by atoms with van der Waals surface area (Å²) in [6.07, 6.45) is 0.0880. The predicted octanol–water partition coefficient (Wildman–Crippen LogP) is 1.00. The zero-order chi connectivity index (χ0) is 7.07. The summed E-state index contributed by atoms with van der Waals surface area (Å²) in [6, 6.07) is 0. The van der Waals surface area contributed by atoms with Crippen LogP contribution in [0.15, 0.2) is 0 Å². The molecular formula is C7H12O2. The van der Waals surface area contributed by atoms with Crippen LogP contribution in [0.25, 0.3) is 0 Å². The van der Waals surface area contributed by atoms with Crippen LogP contribution >= 0.6 is 0 Å². The summed E-state index contributed by atoms with van der Waals surface area (Å²) in [7, 11) is 0. The van der Waals surface area contributed by atoms with Crippen molar-refractivity contribution in [2.45, 2.75) is 26.9 Å². The van der Waals surface area contributed by atoms with Crippen LogP contribution in [0.5, 0.6) is 0 Å². The summed E-state index contributed by atoms with van der Waals surface area (Å²) in [5.74, 6) is 0.218. The average Bonchev–Trinajstić information content (AvgIpc) is 1.96. The van der Waals surface area contributed by atoms with Crippen LogP contribution in [-0.2, 0) is 9.53 Å². The topological polar surface area (TPSA) is 26.3 Å². The Morgan fingerprint density at radius 3 is 2.33 bits per heavy atom. The molecule has 1 aliphatic rings. The summed E-state index contributed by atoms with van der Waals surface area (Å²) in [4.78, 5) is 11.0. The van der Waals surface area contributed by atoms with Crippen LogP contribution in [0.1, 0.15) is 20.8 Å². The molecule has 1 rings (SSSR count). The highest BCUT2D eigenvalue weighted by atomic mass is 16.5. The van der Waals surface area contributed by atoms with Gasteiger partial charge in [0.05, 0.1) is 11.5 Å². The first kappa shape index (κ1) is 6.75. The van der Waals surface area contributed by atoms with E-state index in [0.29, 0.717) is 6.61 Å². The molecule has 0 bridgehead atoms. The summed E-state index contributed by atoms with van der Waals surface area (Å²) in [5, 5.41) is 0. The third-order valence-corrected chi connectivity index (χ3v) is 2.20. The lowest BCUT2D eigenvalue weighted by molar-refractivity contribution is -0.123. The van der Waals surface area contributed by atoms with E-state index in [1.807, 2.05) is 20.8 Å². The van der Waals surface area contributed by atoms with Gasteiger partial charge in [0.2, 0.25) is 0 Å². The van der Waals surface area contributed by atoms with Crippen LogP contribution in [0.3, 0.4) is 0 Å². The zero-order valence-corrected chi connectivity index (χ0v) is 6.10. The van der Waals surface area contributed by atoms with Gasteiger partial charge in [0.15, 0.2) is 5.78 Å². The zero-order valence-electron chi connectivity index (χ0n) is 6.10. The van der Waals surface area contributed by atoms with Crippen molar-refractivity contribution in [1.29, 1.82) is 0 Å². The normalized spacial score (nSPS) is 33.2. The molecule has 1 heterocycles. The van der Waals surface area contributed by atoms with Crippen LogP contribution in [-0.4, -0.2) is 18.5 Å². The minimum atomic E-state index is -0.250. The number of Topliss-reactive ketones (excluding diaryl/α,β-unsaturated/α-hetero) is 1. The van der Waals surface area contributed by atoms with Crippen LogP contribution in [0, 0.1) is 5.41 Å². The van der Waals surface area contributed by atoms with Gasteiger partial charge in [0.25, 0.3) is 0 Å². The molecule has 52 valence electrons. The molecule has 0 aromatic carbocycles. The van der Waals surface area contributed by atoms with E-state index in [9.17, 15) is 4.79 Å². The fourth-order valence-electron chi connectivity index (χ4n) is 0.822. The number of ketones is 1. The van der Waals surface area contributed by atoms with E-state index in [4.69, 9.17) is 4.74 Å². The van der Waals surface area contributed by atoms with Crippen molar-refractivity contribution < 1.29 is 9.53 Å². The van der Waals surface area contributed by atoms with Gasteiger partial charge in [-0.15, -0.1) is 0 Å². The minimum absolute atomic E-state index is 0.0880. The van der Waals surface area contributed by atoms with Gasteiger partial charge in [-0.1, -0.05) is 13.8 Å². The van der Waals surface area contributed by atoms with Gasteiger partial charge in [-0.2, -0.15) is 0 Å². The number of hydrogen-bond donors (Lipinski definition) is 0. The summed E-state index contributed by atoms with van der Waals surface area (Å²) >= 11 is 0. The standard InChI is InChI=1S/C7H12O2/c1-5-7(2,3)6(8)4-9-5/h5H,4H2,1-3H3. The number of carbonyl (C=O) groups excluding carboxylic acids is 1. The first-order valence-corrected chi connectivity index (χ1v) is 3.20. The maximum atomic E-state index is 11.0. The van der Waals surface area contributed by atoms with E-state index in [0.717, 1.165) is 0 Å². The van der Waals surface area contributed by atoms with Crippen LogP contribution < -0.4 is 0 Å². The Hall–Kier alpha value is -0.370. The molecule has 0 aliphatic carbocycles. The predicted molar refractivity (Wildman–Crippen MR) is 34.2 cm³/mol. The molecule has 2 heteroatoms. The fourth-order valence-corrected chi connectivity index (χ4v) is 0.822. The van der Waals surface area contributed by atoms with E-state index < -0.39 is 0 Å². The molecule has 1 atom stereocenters. The quantitative estimate of drug-likeness (QED) is 0.486. The Kier molecular flexibility index (Phi) is 1.35. The maximum absolute atomic E-state index is 11.0. The minimum Gasteiger partial charge on any atom is -0.370 e. The molecule has 9 heavy (non-hydrogen) atoms. The summed E-state index contributed by atoms with van der Waals surface area (Å²) < 4.78 is 5.13. The van der Waals surface area contributed by atoms with E-state index >= 15 is 0 Å². The Balaban J connectivity index is 2.78. The van der Waals surface area contributed by atoms with Gasteiger partial charge >= 0.3 is 0 Å². The Labute approximate surface area is 55.2 Å². The molecule has 0 amide bonds. The molecule has 0 radical (unpaired) electrons. The monoisotopic (exact) mass is 128 g/mol. The van der Waals surface area contributed by atoms with Gasteiger partial charge in [-0.05, 0) is 6.92 Å².